The van der Waals surface area contributed by atoms with Gasteiger partial charge >= 0.3 is 5.97 Å². The van der Waals surface area contributed by atoms with Gasteiger partial charge in [-0.05, 0) is 20.4 Å². The molecule has 84 valence electrons. The summed E-state index contributed by atoms with van der Waals surface area (Å²) in [6.07, 6.45) is 0.199. The van der Waals surface area contributed by atoms with Gasteiger partial charge in [-0.1, -0.05) is 6.92 Å². The largest absolute Gasteiger partial charge is 0.481 e. The van der Waals surface area contributed by atoms with Crippen LogP contribution < -0.4 is 0 Å². The molecule has 0 aliphatic rings. The van der Waals surface area contributed by atoms with Crippen molar-refractivity contribution >= 4 is 5.97 Å². The lowest BCUT2D eigenvalue weighted by molar-refractivity contribution is -0.137. The Morgan fingerprint density at radius 3 is 2.57 bits per heavy atom. The Bertz CT molecular complexity index is 161. The maximum Gasteiger partial charge on any atom is 0.304 e. The van der Waals surface area contributed by atoms with Crippen LogP contribution in [0.5, 0.6) is 0 Å². The van der Waals surface area contributed by atoms with Crippen molar-refractivity contribution in [3.63, 3.8) is 0 Å². The third-order valence-electron chi connectivity index (χ3n) is 2.21. The van der Waals surface area contributed by atoms with Crippen LogP contribution in [-0.2, 0) is 9.53 Å². The molecule has 0 heterocycles. The number of carbonyl (C=O) groups is 1. The van der Waals surface area contributed by atoms with Crippen molar-refractivity contribution in [1.82, 2.24) is 4.90 Å². The van der Waals surface area contributed by atoms with Crippen LogP contribution in [0.25, 0.3) is 0 Å². The number of aliphatic carboxylic acids is 1. The van der Waals surface area contributed by atoms with E-state index in [1.165, 1.54) is 0 Å². The minimum absolute atomic E-state index is 0.199. The fraction of sp³-hybridized carbons (Fsp3) is 0.900. The summed E-state index contributed by atoms with van der Waals surface area (Å²) >= 11 is 0. The number of rotatable bonds is 8. The molecular weight excluding hydrogens is 182 g/mol. The molecule has 0 saturated carbocycles. The first-order valence-corrected chi connectivity index (χ1v) is 5.15. The number of ether oxygens (including phenoxy) is 1. The van der Waals surface area contributed by atoms with Gasteiger partial charge in [-0.15, -0.1) is 0 Å². The molecule has 0 aliphatic carbocycles. The molecule has 0 fully saturated rings. The van der Waals surface area contributed by atoms with Crippen LogP contribution in [0.15, 0.2) is 0 Å². The van der Waals surface area contributed by atoms with Crippen molar-refractivity contribution in [2.45, 2.75) is 33.2 Å². The summed E-state index contributed by atoms with van der Waals surface area (Å²) in [6, 6.07) is 0.291. The second-order valence-electron chi connectivity index (χ2n) is 3.28. The SMILES string of the molecule is CCOCC(C)N(CC)CCC(=O)O. The van der Waals surface area contributed by atoms with Crippen molar-refractivity contribution in [1.29, 1.82) is 0 Å². The molecule has 0 aliphatic heterocycles. The van der Waals surface area contributed by atoms with E-state index < -0.39 is 5.97 Å². The van der Waals surface area contributed by atoms with Gasteiger partial charge in [-0.25, -0.2) is 0 Å². The number of hydrogen-bond acceptors (Lipinski definition) is 3. The van der Waals surface area contributed by atoms with Gasteiger partial charge in [-0.3, -0.25) is 9.69 Å². The quantitative estimate of drug-likeness (QED) is 0.644. The lowest BCUT2D eigenvalue weighted by Crippen LogP contribution is -2.37. The minimum Gasteiger partial charge on any atom is -0.481 e. The summed E-state index contributed by atoms with van der Waals surface area (Å²) in [5.74, 6) is -0.743. The molecule has 0 rings (SSSR count). The molecule has 0 aromatic carbocycles. The summed E-state index contributed by atoms with van der Waals surface area (Å²) in [4.78, 5) is 12.5. The molecule has 0 aromatic rings. The molecule has 0 radical (unpaired) electrons. The van der Waals surface area contributed by atoms with E-state index in [0.717, 1.165) is 6.54 Å². The van der Waals surface area contributed by atoms with Crippen LogP contribution >= 0.6 is 0 Å². The van der Waals surface area contributed by atoms with Crippen molar-refractivity contribution in [3.8, 4) is 0 Å². The summed E-state index contributed by atoms with van der Waals surface area (Å²) in [5, 5.41) is 8.56. The molecule has 0 aromatic heterocycles. The van der Waals surface area contributed by atoms with Crippen LogP contribution in [-0.4, -0.2) is 48.3 Å². The summed E-state index contributed by atoms with van der Waals surface area (Å²) in [5.41, 5.74) is 0. The molecule has 1 N–H and O–H groups in total. The van der Waals surface area contributed by atoms with E-state index in [1.54, 1.807) is 0 Å². The minimum atomic E-state index is -0.743. The lowest BCUT2D eigenvalue weighted by atomic mass is 10.2. The van der Waals surface area contributed by atoms with E-state index in [2.05, 4.69) is 11.8 Å². The second kappa shape index (κ2) is 7.76. The highest BCUT2D eigenvalue weighted by molar-refractivity contribution is 5.66. The van der Waals surface area contributed by atoms with Gasteiger partial charge in [0.2, 0.25) is 0 Å². The second-order valence-corrected chi connectivity index (χ2v) is 3.28. The van der Waals surface area contributed by atoms with Crippen molar-refractivity contribution in [2.24, 2.45) is 0 Å². The Balaban J connectivity index is 3.79. The van der Waals surface area contributed by atoms with Gasteiger partial charge in [-0.2, -0.15) is 0 Å². The molecule has 0 bridgehead atoms. The molecular formula is C10H21NO3. The first-order chi connectivity index (χ1) is 6.61. The van der Waals surface area contributed by atoms with Gasteiger partial charge in [0.25, 0.3) is 0 Å². The average Bonchev–Trinajstić information content (AvgIpc) is 2.15. The van der Waals surface area contributed by atoms with E-state index in [9.17, 15) is 4.79 Å². The topological polar surface area (TPSA) is 49.8 Å². The van der Waals surface area contributed by atoms with E-state index in [1.807, 2.05) is 13.8 Å². The number of carboxylic acid groups (broad SMARTS) is 1. The predicted molar refractivity (Wildman–Crippen MR) is 55.5 cm³/mol. The molecule has 4 nitrogen and oxygen atoms in total. The van der Waals surface area contributed by atoms with Crippen LogP contribution in [0.1, 0.15) is 27.2 Å². The normalized spacial score (nSPS) is 13.1. The third kappa shape index (κ3) is 5.94. The number of likely N-dealkylation sites (N-methyl/N-ethyl adjacent to an activating group) is 1. The summed E-state index contributed by atoms with van der Waals surface area (Å²) in [6.45, 7) is 8.89. The maximum absolute atomic E-state index is 10.4. The van der Waals surface area contributed by atoms with Gasteiger partial charge in [0.15, 0.2) is 0 Å². The zero-order valence-electron chi connectivity index (χ0n) is 9.32. The maximum atomic E-state index is 10.4. The van der Waals surface area contributed by atoms with Crippen molar-refractivity contribution in [3.05, 3.63) is 0 Å². The fourth-order valence-corrected chi connectivity index (χ4v) is 1.32. The van der Waals surface area contributed by atoms with E-state index >= 15 is 0 Å². The van der Waals surface area contributed by atoms with Gasteiger partial charge in [0, 0.05) is 19.2 Å². The summed E-state index contributed by atoms with van der Waals surface area (Å²) < 4.78 is 5.30. The van der Waals surface area contributed by atoms with Crippen LogP contribution in [0.2, 0.25) is 0 Å². The first-order valence-electron chi connectivity index (χ1n) is 5.15. The van der Waals surface area contributed by atoms with Crippen molar-refractivity contribution < 1.29 is 14.6 Å². The van der Waals surface area contributed by atoms with Crippen molar-refractivity contribution in [2.75, 3.05) is 26.3 Å². The number of hydrogen-bond donors (Lipinski definition) is 1. The zero-order valence-corrected chi connectivity index (χ0v) is 9.32. The molecule has 1 unspecified atom stereocenters. The summed E-state index contributed by atoms with van der Waals surface area (Å²) in [7, 11) is 0. The smallest absolute Gasteiger partial charge is 0.304 e. The fourth-order valence-electron chi connectivity index (χ4n) is 1.32. The molecule has 14 heavy (non-hydrogen) atoms. The third-order valence-corrected chi connectivity index (χ3v) is 2.21. The van der Waals surface area contributed by atoms with E-state index in [0.29, 0.717) is 25.8 Å². The molecule has 0 spiro atoms. The zero-order chi connectivity index (χ0) is 11.0. The van der Waals surface area contributed by atoms with Crippen LogP contribution in [0, 0.1) is 0 Å². The molecule has 4 heteroatoms. The standard InChI is InChI=1S/C10H21NO3/c1-4-11(7-6-10(12)13)9(3)8-14-5-2/h9H,4-8H2,1-3H3,(H,12,13). The van der Waals surface area contributed by atoms with E-state index in [-0.39, 0.29) is 6.42 Å². The van der Waals surface area contributed by atoms with Crippen LogP contribution in [0.4, 0.5) is 0 Å². The Morgan fingerprint density at radius 1 is 1.50 bits per heavy atom. The molecule has 1 atom stereocenters. The van der Waals surface area contributed by atoms with Gasteiger partial charge in [0.1, 0.15) is 0 Å². The molecule has 0 saturated heterocycles. The Labute approximate surface area is 85.9 Å². The van der Waals surface area contributed by atoms with Gasteiger partial charge < -0.3 is 9.84 Å². The number of nitrogens with zero attached hydrogens (tertiary/aromatic N) is 1. The highest BCUT2D eigenvalue weighted by atomic mass is 16.5. The predicted octanol–water partition coefficient (Wildman–Crippen LogP) is 1.21. The van der Waals surface area contributed by atoms with E-state index in [4.69, 9.17) is 9.84 Å². The highest BCUT2D eigenvalue weighted by Gasteiger charge is 2.12. The average molecular weight is 203 g/mol. The molecule has 0 amide bonds. The van der Waals surface area contributed by atoms with Gasteiger partial charge in [0.05, 0.1) is 13.0 Å². The first kappa shape index (κ1) is 13.4. The lowest BCUT2D eigenvalue weighted by Gasteiger charge is -2.26. The Kier molecular flexibility index (Phi) is 7.42. The van der Waals surface area contributed by atoms with Crippen LogP contribution in [0.3, 0.4) is 0 Å². The monoisotopic (exact) mass is 203 g/mol. The number of carboxylic acids is 1. The Morgan fingerprint density at radius 2 is 2.14 bits per heavy atom. The Hall–Kier alpha value is -0.610. The highest BCUT2D eigenvalue weighted by Crippen LogP contribution is 2.01.